The molecule has 0 spiro atoms. The molecule has 1 aromatic heterocycles. The van der Waals surface area contributed by atoms with Crippen LogP contribution in [0.25, 0.3) is 11.3 Å². The van der Waals surface area contributed by atoms with Gasteiger partial charge in [-0.1, -0.05) is 0 Å². The number of pyridine rings is 1. The van der Waals surface area contributed by atoms with Crippen LogP contribution in [0.2, 0.25) is 0 Å². The fourth-order valence-corrected chi connectivity index (χ4v) is 3.74. The number of halogens is 1. The molecule has 1 heterocycles. The van der Waals surface area contributed by atoms with E-state index in [1.165, 1.54) is 19.2 Å². The number of nitrogens with zero attached hydrogens (tertiary/aromatic N) is 1. The van der Waals surface area contributed by atoms with E-state index >= 15 is 0 Å². The van der Waals surface area contributed by atoms with E-state index in [-0.39, 0.29) is 44.1 Å². The number of rotatable bonds is 12. The van der Waals surface area contributed by atoms with E-state index in [2.05, 4.69) is 4.98 Å². The van der Waals surface area contributed by atoms with Gasteiger partial charge < -0.3 is 30.5 Å². The fourth-order valence-electron chi connectivity index (χ4n) is 3.74. The van der Waals surface area contributed by atoms with Gasteiger partial charge in [-0.3, -0.25) is 4.79 Å². The van der Waals surface area contributed by atoms with Crippen LogP contribution in [0, 0.1) is 5.82 Å². The number of Topliss-reactive ketones (excluding diaryl/α,β-unsaturated/α-hetero) is 1. The van der Waals surface area contributed by atoms with Crippen molar-refractivity contribution in [1.82, 2.24) is 4.98 Å². The first-order valence-corrected chi connectivity index (χ1v) is 11.9. The van der Waals surface area contributed by atoms with Gasteiger partial charge in [0.05, 0.1) is 37.3 Å². The summed E-state index contributed by atoms with van der Waals surface area (Å²) in [4.78, 5) is 17.5. The third-order valence-corrected chi connectivity index (χ3v) is 6.18. The number of hydrogen-bond donors (Lipinski definition) is 4. The summed E-state index contributed by atoms with van der Waals surface area (Å²) in [6, 6.07) is 13.8. The molecule has 2 aromatic carbocycles. The molecule has 8 nitrogen and oxygen atoms in total. The summed E-state index contributed by atoms with van der Waals surface area (Å²) in [5.41, 5.74) is 5.90. The molecular weight excluding hydrogens is 479 g/mol. The lowest BCUT2D eigenvalue weighted by molar-refractivity contribution is 0.0395. The molecule has 9 heteroatoms. The highest BCUT2D eigenvalue weighted by atomic mass is 19.1. The zero-order chi connectivity index (χ0) is 27.2. The van der Waals surface area contributed by atoms with Crippen molar-refractivity contribution in [2.45, 2.75) is 37.8 Å². The van der Waals surface area contributed by atoms with Crippen molar-refractivity contribution in [3.8, 4) is 22.8 Å². The van der Waals surface area contributed by atoms with Crippen molar-refractivity contribution in [2.75, 3.05) is 26.9 Å². The lowest BCUT2D eigenvalue weighted by Crippen LogP contribution is -2.37. The zero-order valence-electron chi connectivity index (χ0n) is 21.2. The Hall–Kier alpha value is -3.37. The molecule has 0 saturated carbocycles. The summed E-state index contributed by atoms with van der Waals surface area (Å²) in [5.74, 6) is 0.147. The monoisotopic (exact) mass is 512 g/mol. The molecule has 0 radical (unpaired) electrons. The van der Waals surface area contributed by atoms with Gasteiger partial charge in [-0.2, -0.15) is 0 Å². The number of aliphatic hydroxyl groups excluding tert-OH is 2. The molecule has 198 valence electrons. The summed E-state index contributed by atoms with van der Waals surface area (Å²) >= 11 is 0. The van der Waals surface area contributed by atoms with Gasteiger partial charge in [-0.15, -0.1) is 0 Å². The molecule has 3 rings (SSSR count). The highest BCUT2D eigenvalue weighted by Crippen LogP contribution is 2.33. The number of nitrogens with two attached hydrogens (primary N) is 1. The fraction of sp³-hybridized carbons (Fsp3) is 0.357. The van der Waals surface area contributed by atoms with Gasteiger partial charge >= 0.3 is 0 Å². The molecule has 0 fully saturated rings. The minimum Gasteiger partial charge on any atom is -0.493 e. The van der Waals surface area contributed by atoms with Gasteiger partial charge in [0, 0.05) is 17.5 Å². The van der Waals surface area contributed by atoms with Crippen LogP contribution in [0.15, 0.2) is 54.6 Å². The standard InChI is InChI=1S/C28H33FN2O6/c1-27(30,17-33)20-15-22(18-4-7-21(29)8-5-18)31-26(16-20)28(2,35)11-10-23(34)19-6-9-24(37-13-12-32)25(14-19)36-3/h4-9,14-16,32-33,35H,10-13,17,30H2,1-3H3. The number of methoxy groups -OCH3 is 1. The van der Waals surface area contributed by atoms with E-state index in [1.54, 1.807) is 56.3 Å². The molecule has 3 aromatic rings. The molecule has 37 heavy (non-hydrogen) atoms. The van der Waals surface area contributed by atoms with Crippen molar-refractivity contribution < 1.29 is 34.0 Å². The third kappa shape index (κ3) is 6.90. The van der Waals surface area contributed by atoms with Crippen LogP contribution >= 0.6 is 0 Å². The van der Waals surface area contributed by atoms with Crippen LogP contribution < -0.4 is 15.2 Å². The third-order valence-electron chi connectivity index (χ3n) is 6.18. The molecule has 0 aliphatic carbocycles. The Bertz CT molecular complexity index is 1230. The van der Waals surface area contributed by atoms with Crippen LogP contribution in [0.1, 0.15) is 48.3 Å². The van der Waals surface area contributed by atoms with Crippen LogP contribution in [-0.4, -0.2) is 53.0 Å². The first-order valence-electron chi connectivity index (χ1n) is 11.9. The number of aromatic nitrogens is 1. The lowest BCUT2D eigenvalue weighted by atomic mass is 9.87. The van der Waals surface area contributed by atoms with Crippen LogP contribution in [-0.2, 0) is 11.1 Å². The van der Waals surface area contributed by atoms with Crippen molar-refractivity contribution in [3.63, 3.8) is 0 Å². The van der Waals surface area contributed by atoms with E-state index in [9.17, 15) is 19.4 Å². The maximum absolute atomic E-state index is 13.5. The number of ketones is 1. The number of carbonyl (C=O) groups is 1. The van der Waals surface area contributed by atoms with E-state index in [1.807, 2.05) is 0 Å². The maximum Gasteiger partial charge on any atom is 0.163 e. The Kier molecular flexibility index (Phi) is 8.98. The zero-order valence-corrected chi connectivity index (χ0v) is 21.2. The second-order valence-corrected chi connectivity index (χ2v) is 9.34. The molecule has 0 bridgehead atoms. The van der Waals surface area contributed by atoms with Crippen LogP contribution in [0.4, 0.5) is 4.39 Å². The Balaban J connectivity index is 1.88. The Labute approximate surface area is 215 Å². The molecular formula is C28H33FN2O6. The predicted molar refractivity (Wildman–Crippen MR) is 137 cm³/mol. The van der Waals surface area contributed by atoms with Gasteiger partial charge in [0.2, 0.25) is 0 Å². The highest BCUT2D eigenvalue weighted by molar-refractivity contribution is 5.96. The van der Waals surface area contributed by atoms with E-state index < -0.39 is 17.0 Å². The normalized spacial score (nSPS) is 14.5. The summed E-state index contributed by atoms with van der Waals surface area (Å²) < 4.78 is 24.2. The van der Waals surface area contributed by atoms with E-state index in [0.717, 1.165) is 0 Å². The van der Waals surface area contributed by atoms with Gasteiger partial charge in [0.25, 0.3) is 0 Å². The van der Waals surface area contributed by atoms with Crippen molar-refractivity contribution in [3.05, 3.63) is 77.2 Å². The average Bonchev–Trinajstić information content (AvgIpc) is 2.90. The summed E-state index contributed by atoms with van der Waals surface area (Å²) in [7, 11) is 1.45. The largest absolute Gasteiger partial charge is 0.493 e. The maximum atomic E-state index is 13.5. The van der Waals surface area contributed by atoms with Gasteiger partial charge in [-0.25, -0.2) is 9.37 Å². The average molecular weight is 513 g/mol. The predicted octanol–water partition coefficient (Wildman–Crippen LogP) is 3.30. The Morgan fingerprint density at radius 3 is 2.38 bits per heavy atom. The Morgan fingerprint density at radius 1 is 1.05 bits per heavy atom. The molecule has 0 amide bonds. The second-order valence-electron chi connectivity index (χ2n) is 9.34. The first-order chi connectivity index (χ1) is 17.5. The van der Waals surface area contributed by atoms with Crippen molar-refractivity contribution in [2.24, 2.45) is 5.73 Å². The molecule has 2 unspecified atom stereocenters. The summed E-state index contributed by atoms with van der Waals surface area (Å²) in [6.07, 6.45) is 0.0569. The SMILES string of the molecule is COc1cc(C(=O)CCC(C)(O)c2cc(C(C)(N)CO)cc(-c3ccc(F)cc3)n2)ccc1OCCO. The number of aliphatic hydroxyl groups is 3. The summed E-state index contributed by atoms with van der Waals surface area (Å²) in [6.45, 7) is 2.80. The summed E-state index contributed by atoms with van der Waals surface area (Å²) in [5, 5.41) is 30.1. The molecule has 0 aliphatic heterocycles. The molecule has 0 saturated heterocycles. The van der Waals surface area contributed by atoms with Crippen molar-refractivity contribution >= 4 is 5.78 Å². The number of ether oxygens (including phenoxy) is 2. The topological polar surface area (TPSA) is 135 Å². The minimum atomic E-state index is -1.51. The molecule has 2 atom stereocenters. The highest BCUT2D eigenvalue weighted by Gasteiger charge is 2.30. The van der Waals surface area contributed by atoms with E-state index in [4.69, 9.17) is 20.3 Å². The smallest absolute Gasteiger partial charge is 0.163 e. The van der Waals surface area contributed by atoms with Crippen LogP contribution in [0.5, 0.6) is 11.5 Å². The van der Waals surface area contributed by atoms with E-state index in [0.29, 0.717) is 33.9 Å². The van der Waals surface area contributed by atoms with Gasteiger partial charge in [0.1, 0.15) is 18.0 Å². The minimum absolute atomic E-state index is 0.00464. The lowest BCUT2D eigenvalue weighted by Gasteiger charge is -2.28. The molecule has 5 N–H and O–H groups in total. The second kappa shape index (κ2) is 11.8. The molecule has 0 aliphatic rings. The number of carbonyl (C=O) groups excluding carboxylic acids is 1. The van der Waals surface area contributed by atoms with Gasteiger partial charge in [-0.05, 0) is 80.4 Å². The quantitative estimate of drug-likeness (QED) is 0.272. The van der Waals surface area contributed by atoms with Gasteiger partial charge in [0.15, 0.2) is 17.3 Å². The Morgan fingerprint density at radius 2 is 1.76 bits per heavy atom. The van der Waals surface area contributed by atoms with Crippen molar-refractivity contribution in [1.29, 1.82) is 0 Å². The van der Waals surface area contributed by atoms with Crippen LogP contribution in [0.3, 0.4) is 0 Å². The number of benzene rings is 2. The first kappa shape index (κ1) is 28.2. The number of hydrogen-bond acceptors (Lipinski definition) is 8.